The van der Waals surface area contributed by atoms with E-state index in [1.807, 2.05) is 0 Å². The Morgan fingerprint density at radius 1 is 1.25 bits per heavy atom. The molecule has 0 spiro atoms. The van der Waals surface area contributed by atoms with Gasteiger partial charge in [0, 0.05) is 10.7 Å². The van der Waals surface area contributed by atoms with Gasteiger partial charge in [-0.05, 0) is 28.1 Å². The number of fused-ring (bicyclic) bond motifs is 1. The Bertz CT molecular complexity index is 782. The van der Waals surface area contributed by atoms with Gasteiger partial charge < -0.3 is 34.9 Å². The van der Waals surface area contributed by atoms with Crippen LogP contribution in [0.1, 0.15) is 0 Å². The van der Waals surface area contributed by atoms with Crippen LogP contribution >= 0.6 is 27.5 Å². The van der Waals surface area contributed by atoms with Crippen molar-refractivity contribution in [3.63, 3.8) is 0 Å². The van der Waals surface area contributed by atoms with Crippen LogP contribution in [0, 0.1) is 0 Å². The molecule has 3 rings (SSSR count). The van der Waals surface area contributed by atoms with Gasteiger partial charge in [-0.25, -0.2) is 4.79 Å². The molecule has 2 heterocycles. The summed E-state index contributed by atoms with van der Waals surface area (Å²) in [4.78, 5) is 14.0. The number of carboxylic acids is 1. The molecule has 24 heavy (non-hydrogen) atoms. The largest absolute Gasteiger partial charge is 0.479 e. The summed E-state index contributed by atoms with van der Waals surface area (Å²) in [5.74, 6) is -1.28. The van der Waals surface area contributed by atoms with Gasteiger partial charge in [0.05, 0.1) is 15.9 Å². The summed E-state index contributed by atoms with van der Waals surface area (Å²) in [5.41, 5.74) is 0.652. The average Bonchev–Trinajstić information content (AvgIpc) is 2.94. The third kappa shape index (κ3) is 2.87. The standard InChI is InChI=1S/C14H13BrClNO7/c15-4-1-2-5-7(8(4)16)6(3-17-5)23-14-11(20)9(18)10(19)12(24-14)13(21)22/h1-3,9-12,14,17-20H,(H,21,22)/t9-,10-,11+,12-,14?/m1/s1. The zero-order chi connectivity index (χ0) is 17.6. The number of benzene rings is 1. The highest BCUT2D eigenvalue weighted by Gasteiger charge is 2.48. The lowest BCUT2D eigenvalue weighted by molar-refractivity contribution is -0.270. The van der Waals surface area contributed by atoms with Crippen LogP contribution in [0.15, 0.2) is 22.8 Å². The number of ether oxygens (including phenoxy) is 2. The number of hydrogen-bond acceptors (Lipinski definition) is 6. The number of aliphatic hydroxyl groups excluding tert-OH is 3. The Hall–Kier alpha value is -1.36. The highest BCUT2D eigenvalue weighted by atomic mass is 79.9. The number of hydrogen-bond donors (Lipinski definition) is 5. The van der Waals surface area contributed by atoms with Crippen molar-refractivity contribution in [2.75, 3.05) is 0 Å². The Kier molecular flexibility index (Phi) is 4.73. The van der Waals surface area contributed by atoms with Gasteiger partial charge in [-0.1, -0.05) is 11.6 Å². The Morgan fingerprint density at radius 3 is 2.62 bits per heavy atom. The van der Waals surface area contributed by atoms with Crippen LogP contribution in [0.4, 0.5) is 0 Å². The number of aromatic nitrogens is 1. The van der Waals surface area contributed by atoms with Crippen LogP contribution in [0.5, 0.6) is 5.75 Å². The number of nitrogens with one attached hydrogen (secondary N) is 1. The first-order chi connectivity index (χ1) is 11.3. The van der Waals surface area contributed by atoms with E-state index < -0.39 is 36.7 Å². The molecule has 5 N–H and O–H groups in total. The lowest BCUT2D eigenvalue weighted by Gasteiger charge is -2.38. The van der Waals surface area contributed by atoms with E-state index in [1.165, 1.54) is 6.20 Å². The van der Waals surface area contributed by atoms with E-state index in [9.17, 15) is 20.1 Å². The van der Waals surface area contributed by atoms with Gasteiger partial charge >= 0.3 is 5.97 Å². The minimum atomic E-state index is -1.78. The number of carboxylic acid groups (broad SMARTS) is 1. The van der Waals surface area contributed by atoms with Crippen molar-refractivity contribution in [2.45, 2.75) is 30.7 Å². The van der Waals surface area contributed by atoms with E-state index in [0.717, 1.165) is 0 Å². The molecule has 130 valence electrons. The molecule has 10 heteroatoms. The molecule has 0 saturated carbocycles. The van der Waals surface area contributed by atoms with Crippen molar-refractivity contribution in [2.24, 2.45) is 0 Å². The van der Waals surface area contributed by atoms with E-state index in [4.69, 9.17) is 26.2 Å². The van der Waals surface area contributed by atoms with E-state index in [2.05, 4.69) is 20.9 Å². The molecule has 1 aliphatic heterocycles. The molecule has 1 unspecified atom stereocenters. The maximum absolute atomic E-state index is 11.1. The van der Waals surface area contributed by atoms with Gasteiger partial charge in [0.1, 0.15) is 24.1 Å². The van der Waals surface area contributed by atoms with Crippen molar-refractivity contribution in [1.29, 1.82) is 0 Å². The second-order valence-corrected chi connectivity index (χ2v) is 6.52. The number of aliphatic carboxylic acids is 1. The van der Waals surface area contributed by atoms with Gasteiger partial charge in [0.2, 0.25) is 6.29 Å². The lowest BCUT2D eigenvalue weighted by atomic mass is 9.99. The molecular weight excluding hydrogens is 410 g/mol. The molecular formula is C14H13BrClNO7. The monoisotopic (exact) mass is 421 g/mol. The predicted molar refractivity (Wildman–Crippen MR) is 86.0 cm³/mol. The third-order valence-corrected chi connectivity index (χ3v) is 5.04. The van der Waals surface area contributed by atoms with Crippen LogP contribution < -0.4 is 4.74 Å². The van der Waals surface area contributed by atoms with E-state index in [0.29, 0.717) is 20.4 Å². The highest BCUT2D eigenvalue weighted by Crippen LogP contribution is 2.38. The van der Waals surface area contributed by atoms with Gasteiger partial charge in [-0.3, -0.25) is 0 Å². The second-order valence-electron chi connectivity index (χ2n) is 5.29. The number of carbonyl (C=O) groups is 1. The fourth-order valence-corrected chi connectivity index (χ4v) is 3.08. The molecule has 0 radical (unpaired) electrons. The summed E-state index contributed by atoms with van der Waals surface area (Å²) in [6.45, 7) is 0. The quantitative estimate of drug-likeness (QED) is 0.495. The maximum Gasteiger partial charge on any atom is 0.335 e. The molecule has 2 aromatic rings. The molecule has 0 bridgehead atoms. The summed E-state index contributed by atoms with van der Waals surface area (Å²) in [7, 11) is 0. The van der Waals surface area contributed by atoms with Gasteiger partial charge in [0.25, 0.3) is 0 Å². The van der Waals surface area contributed by atoms with Crippen LogP contribution in [-0.2, 0) is 9.53 Å². The first kappa shape index (κ1) is 17.5. The van der Waals surface area contributed by atoms with E-state index in [-0.39, 0.29) is 5.75 Å². The van der Waals surface area contributed by atoms with Gasteiger partial charge in [0.15, 0.2) is 6.10 Å². The van der Waals surface area contributed by atoms with Crippen molar-refractivity contribution < 1.29 is 34.7 Å². The predicted octanol–water partition coefficient (Wildman–Crippen LogP) is 0.855. The second kappa shape index (κ2) is 6.51. The molecule has 0 aliphatic carbocycles. The minimum Gasteiger partial charge on any atom is -0.479 e. The van der Waals surface area contributed by atoms with Crippen LogP contribution in [-0.4, -0.2) is 62.1 Å². The topological polar surface area (TPSA) is 132 Å². The Balaban J connectivity index is 1.93. The molecule has 0 amide bonds. The minimum absolute atomic E-state index is 0.202. The molecule has 1 fully saturated rings. The third-order valence-electron chi connectivity index (χ3n) is 3.76. The Morgan fingerprint density at radius 2 is 1.96 bits per heavy atom. The number of aliphatic hydroxyl groups is 3. The maximum atomic E-state index is 11.1. The van der Waals surface area contributed by atoms with E-state index in [1.54, 1.807) is 12.1 Å². The first-order valence-electron chi connectivity index (χ1n) is 6.85. The van der Waals surface area contributed by atoms with Crippen molar-refractivity contribution >= 4 is 44.4 Å². The van der Waals surface area contributed by atoms with Crippen LogP contribution in [0.2, 0.25) is 5.02 Å². The molecule has 1 saturated heterocycles. The van der Waals surface area contributed by atoms with Crippen LogP contribution in [0.3, 0.4) is 0 Å². The fraction of sp³-hybridized carbons (Fsp3) is 0.357. The van der Waals surface area contributed by atoms with E-state index >= 15 is 0 Å². The normalized spacial score (nSPS) is 30.5. The SMILES string of the molecule is O=C(O)[C@@H]1OC(Oc2c[nH]c3ccc(Br)c(Cl)c23)[C@@H](O)[C@H](O)[C@H]1O. The summed E-state index contributed by atoms with van der Waals surface area (Å²) in [5, 5.41) is 39.4. The van der Waals surface area contributed by atoms with Crippen molar-refractivity contribution in [3.05, 3.63) is 27.8 Å². The number of aromatic amines is 1. The van der Waals surface area contributed by atoms with Gasteiger partial charge in [-0.2, -0.15) is 0 Å². The molecule has 1 aliphatic rings. The first-order valence-corrected chi connectivity index (χ1v) is 8.02. The van der Waals surface area contributed by atoms with Gasteiger partial charge in [-0.15, -0.1) is 0 Å². The van der Waals surface area contributed by atoms with Crippen molar-refractivity contribution in [1.82, 2.24) is 4.98 Å². The van der Waals surface area contributed by atoms with Crippen LogP contribution in [0.25, 0.3) is 10.9 Å². The summed E-state index contributed by atoms with van der Waals surface area (Å²) < 4.78 is 11.2. The Labute approximate surface area is 148 Å². The lowest BCUT2D eigenvalue weighted by Crippen LogP contribution is -2.61. The molecule has 1 aromatic heterocycles. The molecule has 5 atom stereocenters. The number of halogens is 2. The zero-order valence-electron chi connectivity index (χ0n) is 11.9. The molecule has 1 aromatic carbocycles. The van der Waals surface area contributed by atoms with Crippen molar-refractivity contribution in [3.8, 4) is 5.75 Å². The summed E-state index contributed by atoms with van der Waals surface area (Å²) in [6, 6.07) is 3.48. The zero-order valence-corrected chi connectivity index (χ0v) is 14.2. The summed E-state index contributed by atoms with van der Waals surface area (Å²) in [6.07, 6.45) is -6.94. The number of rotatable bonds is 3. The number of H-pyrrole nitrogens is 1. The average molecular weight is 423 g/mol. The smallest absolute Gasteiger partial charge is 0.335 e. The fourth-order valence-electron chi connectivity index (χ4n) is 2.49. The summed E-state index contributed by atoms with van der Waals surface area (Å²) >= 11 is 9.51. The molecule has 8 nitrogen and oxygen atoms in total. The highest BCUT2D eigenvalue weighted by molar-refractivity contribution is 9.10.